The number of nitrogens with zero attached hydrogens (tertiary/aromatic N) is 1. The molecular formula is C16H27NO3. The Bertz CT molecular complexity index is 399. The molecule has 1 saturated heterocycles. The number of aliphatic hydroxyl groups excluding tert-OH is 1. The predicted molar refractivity (Wildman–Crippen MR) is 76.9 cm³/mol. The number of hydrogen-bond acceptors (Lipinski definition) is 3. The third-order valence-electron chi connectivity index (χ3n) is 5.57. The molecule has 2 fully saturated rings. The summed E-state index contributed by atoms with van der Waals surface area (Å²) < 4.78 is 0. The van der Waals surface area contributed by atoms with Crippen LogP contribution >= 0.6 is 0 Å². The minimum absolute atomic E-state index is 0.0455. The van der Waals surface area contributed by atoms with E-state index in [-0.39, 0.29) is 29.8 Å². The standard InChI is InChI=1S/C16H27NO3/c1-12(2)15(3)9-13(19)17(14(15)20)10-16(11-18)7-5-4-6-8-16/h12,18H,4-11H2,1-3H3. The molecule has 2 aliphatic rings. The van der Waals surface area contributed by atoms with Gasteiger partial charge in [-0.05, 0) is 25.7 Å². The fraction of sp³-hybridized carbons (Fsp3) is 0.875. The Kier molecular flexibility index (Phi) is 4.24. The average molecular weight is 281 g/mol. The van der Waals surface area contributed by atoms with Crippen molar-refractivity contribution in [1.29, 1.82) is 0 Å². The monoisotopic (exact) mass is 281 g/mol. The van der Waals surface area contributed by atoms with Gasteiger partial charge in [-0.3, -0.25) is 14.5 Å². The SMILES string of the molecule is CC(C)C1(C)CC(=O)N(CC2(CO)CCCCC2)C1=O. The van der Waals surface area contributed by atoms with Crippen LogP contribution in [0.1, 0.15) is 59.3 Å². The van der Waals surface area contributed by atoms with Gasteiger partial charge in [-0.25, -0.2) is 0 Å². The van der Waals surface area contributed by atoms with Gasteiger partial charge in [0.1, 0.15) is 0 Å². The van der Waals surface area contributed by atoms with Gasteiger partial charge in [0.2, 0.25) is 11.8 Å². The molecule has 0 radical (unpaired) electrons. The van der Waals surface area contributed by atoms with Crippen LogP contribution in [0.25, 0.3) is 0 Å². The molecule has 0 aromatic carbocycles. The Morgan fingerprint density at radius 2 is 1.80 bits per heavy atom. The summed E-state index contributed by atoms with van der Waals surface area (Å²) in [5, 5.41) is 9.76. The van der Waals surface area contributed by atoms with Crippen LogP contribution in [0.2, 0.25) is 0 Å². The summed E-state index contributed by atoms with van der Waals surface area (Å²) in [6.45, 7) is 6.37. The van der Waals surface area contributed by atoms with E-state index in [9.17, 15) is 14.7 Å². The van der Waals surface area contributed by atoms with Gasteiger partial charge in [0, 0.05) is 18.4 Å². The smallest absolute Gasteiger partial charge is 0.235 e. The number of imide groups is 1. The first kappa shape index (κ1) is 15.5. The number of carbonyl (C=O) groups is 2. The Morgan fingerprint density at radius 3 is 2.25 bits per heavy atom. The highest BCUT2D eigenvalue weighted by Crippen LogP contribution is 2.43. The van der Waals surface area contributed by atoms with E-state index in [2.05, 4.69) is 0 Å². The van der Waals surface area contributed by atoms with Crippen molar-refractivity contribution in [1.82, 2.24) is 4.90 Å². The lowest BCUT2D eigenvalue weighted by molar-refractivity contribution is -0.145. The maximum atomic E-state index is 12.6. The first-order valence-electron chi connectivity index (χ1n) is 7.80. The summed E-state index contributed by atoms with van der Waals surface area (Å²) in [5.41, 5.74) is -0.825. The molecule has 1 unspecified atom stereocenters. The van der Waals surface area contributed by atoms with Crippen molar-refractivity contribution < 1.29 is 14.7 Å². The van der Waals surface area contributed by atoms with E-state index in [4.69, 9.17) is 0 Å². The lowest BCUT2D eigenvalue weighted by atomic mass is 9.74. The van der Waals surface area contributed by atoms with E-state index in [1.165, 1.54) is 11.3 Å². The number of rotatable bonds is 4. The average Bonchev–Trinajstić information content (AvgIpc) is 2.64. The number of hydrogen-bond donors (Lipinski definition) is 1. The quantitative estimate of drug-likeness (QED) is 0.805. The molecule has 1 aliphatic carbocycles. The zero-order valence-corrected chi connectivity index (χ0v) is 12.9. The zero-order chi connectivity index (χ0) is 15.0. The summed E-state index contributed by atoms with van der Waals surface area (Å²) in [6, 6.07) is 0. The van der Waals surface area contributed by atoms with Gasteiger partial charge < -0.3 is 5.11 Å². The van der Waals surface area contributed by atoms with Crippen LogP contribution in [-0.4, -0.2) is 35.0 Å². The van der Waals surface area contributed by atoms with Gasteiger partial charge in [0.15, 0.2) is 0 Å². The lowest BCUT2D eigenvalue weighted by Crippen LogP contribution is -2.46. The van der Waals surface area contributed by atoms with Crippen LogP contribution in [0, 0.1) is 16.7 Å². The maximum Gasteiger partial charge on any atom is 0.235 e. The highest BCUT2D eigenvalue weighted by Gasteiger charge is 2.51. The van der Waals surface area contributed by atoms with Crippen LogP contribution in [-0.2, 0) is 9.59 Å². The van der Waals surface area contributed by atoms with Gasteiger partial charge in [-0.2, -0.15) is 0 Å². The van der Waals surface area contributed by atoms with Crippen LogP contribution in [0.15, 0.2) is 0 Å². The van der Waals surface area contributed by atoms with E-state index >= 15 is 0 Å². The Hall–Kier alpha value is -0.900. The summed E-state index contributed by atoms with van der Waals surface area (Å²) in [5.74, 6) is 0.0425. The minimum Gasteiger partial charge on any atom is -0.396 e. The normalized spacial score (nSPS) is 30.4. The molecule has 0 aromatic rings. The first-order chi connectivity index (χ1) is 9.34. The fourth-order valence-electron chi connectivity index (χ4n) is 3.52. The second-order valence-electron chi connectivity index (χ2n) is 7.25. The van der Waals surface area contributed by atoms with Gasteiger partial charge >= 0.3 is 0 Å². The molecule has 0 aromatic heterocycles. The fourth-order valence-corrected chi connectivity index (χ4v) is 3.52. The largest absolute Gasteiger partial charge is 0.396 e. The molecule has 1 saturated carbocycles. The van der Waals surface area contributed by atoms with Crippen LogP contribution in [0.4, 0.5) is 0 Å². The summed E-state index contributed by atoms with van der Waals surface area (Å²) in [4.78, 5) is 26.3. The van der Waals surface area contributed by atoms with Crippen LogP contribution in [0.3, 0.4) is 0 Å². The van der Waals surface area contributed by atoms with Gasteiger partial charge in [0.05, 0.1) is 12.0 Å². The van der Waals surface area contributed by atoms with Crippen molar-refractivity contribution in [3.8, 4) is 0 Å². The van der Waals surface area contributed by atoms with Crippen molar-refractivity contribution in [2.75, 3.05) is 13.2 Å². The molecule has 4 heteroatoms. The van der Waals surface area contributed by atoms with E-state index in [0.29, 0.717) is 13.0 Å². The van der Waals surface area contributed by atoms with Crippen LogP contribution in [0.5, 0.6) is 0 Å². The van der Waals surface area contributed by atoms with Crippen LogP contribution < -0.4 is 0 Å². The van der Waals surface area contributed by atoms with Crippen molar-refractivity contribution in [2.24, 2.45) is 16.7 Å². The zero-order valence-electron chi connectivity index (χ0n) is 12.9. The molecule has 2 rings (SSSR count). The third kappa shape index (κ3) is 2.50. The molecular weight excluding hydrogens is 254 g/mol. The number of likely N-dealkylation sites (tertiary alicyclic amines) is 1. The van der Waals surface area contributed by atoms with E-state index < -0.39 is 5.41 Å². The molecule has 0 spiro atoms. The Balaban J connectivity index is 2.16. The van der Waals surface area contributed by atoms with E-state index in [1.54, 1.807) is 0 Å². The number of amides is 2. The maximum absolute atomic E-state index is 12.6. The Morgan fingerprint density at radius 1 is 1.20 bits per heavy atom. The van der Waals surface area contributed by atoms with Crippen molar-refractivity contribution in [3.05, 3.63) is 0 Å². The topological polar surface area (TPSA) is 57.6 Å². The Labute approximate surface area is 121 Å². The summed E-state index contributed by atoms with van der Waals surface area (Å²) in [6.07, 6.45) is 5.49. The molecule has 1 N–H and O–H groups in total. The molecule has 0 bridgehead atoms. The highest BCUT2D eigenvalue weighted by molar-refractivity contribution is 6.05. The molecule has 20 heavy (non-hydrogen) atoms. The predicted octanol–water partition coefficient (Wildman–Crippen LogP) is 2.35. The highest BCUT2D eigenvalue weighted by atomic mass is 16.3. The lowest BCUT2D eigenvalue weighted by Gasteiger charge is -2.38. The second-order valence-corrected chi connectivity index (χ2v) is 7.25. The number of aliphatic hydroxyl groups is 1. The molecule has 1 aliphatic heterocycles. The number of carbonyl (C=O) groups excluding carboxylic acids is 2. The summed E-state index contributed by atoms with van der Waals surface area (Å²) >= 11 is 0. The van der Waals surface area contributed by atoms with Gasteiger partial charge in [-0.1, -0.05) is 33.1 Å². The van der Waals surface area contributed by atoms with Crippen molar-refractivity contribution in [2.45, 2.75) is 59.3 Å². The second kappa shape index (κ2) is 5.47. The third-order valence-corrected chi connectivity index (χ3v) is 5.57. The minimum atomic E-state index is -0.567. The van der Waals surface area contributed by atoms with Gasteiger partial charge in [-0.15, -0.1) is 0 Å². The summed E-state index contributed by atoms with van der Waals surface area (Å²) in [7, 11) is 0. The molecule has 114 valence electrons. The molecule has 2 amide bonds. The first-order valence-corrected chi connectivity index (χ1v) is 7.80. The van der Waals surface area contributed by atoms with Crippen molar-refractivity contribution >= 4 is 11.8 Å². The molecule has 4 nitrogen and oxygen atoms in total. The molecule has 1 atom stereocenters. The van der Waals surface area contributed by atoms with E-state index in [0.717, 1.165) is 25.7 Å². The molecule has 1 heterocycles. The van der Waals surface area contributed by atoms with Gasteiger partial charge in [0.25, 0.3) is 0 Å². The van der Waals surface area contributed by atoms with E-state index in [1.807, 2.05) is 20.8 Å². The van der Waals surface area contributed by atoms with Crippen molar-refractivity contribution in [3.63, 3.8) is 0 Å².